The van der Waals surface area contributed by atoms with Crippen molar-refractivity contribution in [2.45, 2.75) is 24.7 Å². The first-order chi connectivity index (χ1) is 9.47. The molecule has 1 aliphatic rings. The number of rotatable bonds is 4. The Morgan fingerprint density at radius 2 is 2.05 bits per heavy atom. The van der Waals surface area contributed by atoms with E-state index < -0.39 is 9.84 Å². The molecule has 20 heavy (non-hydrogen) atoms. The normalized spacial score (nSPS) is 19.6. The molecule has 0 bridgehead atoms. The fraction of sp³-hybridized carbons (Fsp3) is 0.500. The van der Waals surface area contributed by atoms with Crippen LogP contribution in [0.25, 0.3) is 0 Å². The minimum Gasteiger partial charge on any atom is -0.326 e. The van der Waals surface area contributed by atoms with Crippen LogP contribution in [-0.2, 0) is 14.6 Å². The second-order valence-electron chi connectivity index (χ2n) is 5.20. The summed E-state index contributed by atoms with van der Waals surface area (Å²) in [5.41, 5.74) is 0.607. The largest absolute Gasteiger partial charge is 0.326 e. The summed E-state index contributed by atoms with van der Waals surface area (Å²) >= 11 is 0. The second kappa shape index (κ2) is 6.37. The van der Waals surface area contributed by atoms with E-state index in [9.17, 15) is 13.2 Å². The maximum Gasteiger partial charge on any atom is 0.221 e. The topological polar surface area (TPSA) is 75.3 Å². The molecule has 0 radical (unpaired) electrons. The number of benzene rings is 1. The molecule has 1 aromatic rings. The molecule has 1 heterocycles. The van der Waals surface area contributed by atoms with Crippen LogP contribution in [0.1, 0.15) is 19.8 Å². The van der Waals surface area contributed by atoms with Crippen molar-refractivity contribution >= 4 is 21.4 Å². The average molecular weight is 296 g/mol. The predicted octanol–water partition coefficient (Wildman–Crippen LogP) is 1.42. The molecule has 1 saturated heterocycles. The summed E-state index contributed by atoms with van der Waals surface area (Å²) in [6.07, 6.45) is 1.98. The summed E-state index contributed by atoms with van der Waals surface area (Å²) in [5, 5.41) is 5.85. The summed E-state index contributed by atoms with van der Waals surface area (Å²) in [4.78, 5) is 11.2. The van der Waals surface area contributed by atoms with Crippen LogP contribution in [0.5, 0.6) is 0 Å². The van der Waals surface area contributed by atoms with Gasteiger partial charge in [0.15, 0.2) is 9.84 Å². The predicted molar refractivity (Wildman–Crippen MR) is 78.4 cm³/mol. The minimum atomic E-state index is -3.26. The van der Waals surface area contributed by atoms with Crippen LogP contribution in [0.15, 0.2) is 29.2 Å². The van der Waals surface area contributed by atoms with Gasteiger partial charge in [-0.2, -0.15) is 0 Å². The molecule has 0 spiro atoms. The van der Waals surface area contributed by atoms with E-state index in [4.69, 9.17) is 0 Å². The van der Waals surface area contributed by atoms with Gasteiger partial charge in [-0.25, -0.2) is 8.42 Å². The quantitative estimate of drug-likeness (QED) is 0.881. The first kappa shape index (κ1) is 15.0. The molecule has 1 aromatic carbocycles. The second-order valence-corrected chi connectivity index (χ2v) is 7.23. The highest BCUT2D eigenvalue weighted by Gasteiger charge is 2.22. The molecular weight excluding hydrogens is 276 g/mol. The SMILES string of the molecule is CC(=O)Nc1ccc(S(=O)(=O)CC2CCCNC2)cc1. The van der Waals surface area contributed by atoms with E-state index in [1.807, 2.05) is 0 Å². The van der Waals surface area contributed by atoms with Crippen molar-refractivity contribution in [3.63, 3.8) is 0 Å². The van der Waals surface area contributed by atoms with Crippen molar-refractivity contribution in [2.24, 2.45) is 5.92 Å². The van der Waals surface area contributed by atoms with Gasteiger partial charge in [0, 0.05) is 12.6 Å². The number of carbonyl (C=O) groups is 1. The summed E-state index contributed by atoms with van der Waals surface area (Å²) in [6.45, 7) is 3.16. The number of anilines is 1. The molecule has 1 aliphatic heterocycles. The first-order valence-electron chi connectivity index (χ1n) is 6.78. The zero-order valence-corrected chi connectivity index (χ0v) is 12.4. The van der Waals surface area contributed by atoms with E-state index in [0.717, 1.165) is 25.9 Å². The fourth-order valence-corrected chi connectivity index (χ4v) is 4.07. The summed E-state index contributed by atoms with van der Waals surface area (Å²) < 4.78 is 24.6. The Morgan fingerprint density at radius 3 is 2.60 bits per heavy atom. The molecule has 5 nitrogen and oxygen atoms in total. The Morgan fingerprint density at radius 1 is 1.35 bits per heavy atom. The van der Waals surface area contributed by atoms with Crippen LogP contribution < -0.4 is 10.6 Å². The van der Waals surface area contributed by atoms with Gasteiger partial charge in [0.2, 0.25) is 5.91 Å². The monoisotopic (exact) mass is 296 g/mol. The Hall–Kier alpha value is -1.40. The Bertz CT molecular complexity index is 561. The average Bonchev–Trinajstić information content (AvgIpc) is 2.39. The first-order valence-corrected chi connectivity index (χ1v) is 8.44. The molecule has 1 unspecified atom stereocenters. The number of hydrogen-bond donors (Lipinski definition) is 2. The van der Waals surface area contributed by atoms with Crippen molar-refractivity contribution in [3.05, 3.63) is 24.3 Å². The molecule has 2 N–H and O–H groups in total. The third-order valence-corrected chi connectivity index (χ3v) is 5.29. The standard InChI is InChI=1S/C14H20N2O3S/c1-11(17)16-13-4-6-14(7-5-13)20(18,19)10-12-3-2-8-15-9-12/h4-7,12,15H,2-3,8-10H2,1H3,(H,16,17). The van der Waals surface area contributed by atoms with Crippen molar-refractivity contribution in [1.29, 1.82) is 0 Å². The van der Waals surface area contributed by atoms with Gasteiger partial charge >= 0.3 is 0 Å². The van der Waals surface area contributed by atoms with Gasteiger partial charge in [0.1, 0.15) is 0 Å². The van der Waals surface area contributed by atoms with Gasteiger partial charge in [0.25, 0.3) is 0 Å². The molecule has 110 valence electrons. The van der Waals surface area contributed by atoms with Crippen LogP contribution in [0.2, 0.25) is 0 Å². The molecule has 1 fully saturated rings. The zero-order valence-electron chi connectivity index (χ0n) is 11.6. The Kier molecular flexibility index (Phi) is 4.77. The number of nitrogens with one attached hydrogen (secondary N) is 2. The van der Waals surface area contributed by atoms with Crippen LogP contribution in [0, 0.1) is 5.92 Å². The van der Waals surface area contributed by atoms with Gasteiger partial charge in [-0.3, -0.25) is 4.79 Å². The highest BCUT2D eigenvalue weighted by Crippen LogP contribution is 2.20. The van der Waals surface area contributed by atoms with Crippen LogP contribution >= 0.6 is 0 Å². The lowest BCUT2D eigenvalue weighted by Gasteiger charge is -2.22. The van der Waals surface area contributed by atoms with Crippen LogP contribution in [0.3, 0.4) is 0 Å². The number of sulfone groups is 1. The zero-order chi connectivity index (χ0) is 14.6. The molecule has 2 rings (SSSR count). The van der Waals surface area contributed by atoms with Gasteiger partial charge in [-0.05, 0) is 56.1 Å². The van der Waals surface area contributed by atoms with E-state index in [-0.39, 0.29) is 17.6 Å². The van der Waals surface area contributed by atoms with Crippen LogP contribution in [0.4, 0.5) is 5.69 Å². The summed E-state index contributed by atoms with van der Waals surface area (Å²) in [7, 11) is -3.26. The van der Waals surface area contributed by atoms with E-state index in [1.165, 1.54) is 6.92 Å². The van der Waals surface area contributed by atoms with E-state index >= 15 is 0 Å². The minimum absolute atomic E-state index is 0.172. The van der Waals surface area contributed by atoms with Gasteiger partial charge < -0.3 is 10.6 Å². The molecule has 1 atom stereocenters. The highest BCUT2D eigenvalue weighted by molar-refractivity contribution is 7.91. The summed E-state index contributed by atoms with van der Waals surface area (Å²) in [5.74, 6) is 0.192. The van der Waals surface area contributed by atoms with E-state index in [1.54, 1.807) is 24.3 Å². The third kappa shape index (κ3) is 4.05. The van der Waals surface area contributed by atoms with E-state index in [0.29, 0.717) is 10.6 Å². The smallest absolute Gasteiger partial charge is 0.221 e. The van der Waals surface area contributed by atoms with Crippen molar-refractivity contribution < 1.29 is 13.2 Å². The molecule has 0 saturated carbocycles. The number of piperidine rings is 1. The van der Waals surface area contributed by atoms with Gasteiger partial charge in [0.05, 0.1) is 10.6 Å². The molecule has 1 amide bonds. The fourth-order valence-electron chi connectivity index (χ4n) is 2.42. The highest BCUT2D eigenvalue weighted by atomic mass is 32.2. The molecule has 0 aromatic heterocycles. The third-order valence-electron chi connectivity index (χ3n) is 3.39. The number of carbonyl (C=O) groups excluding carboxylic acids is 1. The lowest BCUT2D eigenvalue weighted by atomic mass is 10.0. The molecule has 6 heteroatoms. The lowest BCUT2D eigenvalue weighted by molar-refractivity contribution is -0.114. The van der Waals surface area contributed by atoms with E-state index in [2.05, 4.69) is 10.6 Å². The lowest BCUT2D eigenvalue weighted by Crippen LogP contribution is -2.33. The number of amides is 1. The van der Waals surface area contributed by atoms with Crippen molar-refractivity contribution in [3.8, 4) is 0 Å². The van der Waals surface area contributed by atoms with Gasteiger partial charge in [-0.1, -0.05) is 0 Å². The van der Waals surface area contributed by atoms with Gasteiger partial charge in [-0.15, -0.1) is 0 Å². The molecule has 0 aliphatic carbocycles. The number of hydrogen-bond acceptors (Lipinski definition) is 4. The molecular formula is C14H20N2O3S. The van der Waals surface area contributed by atoms with Crippen molar-refractivity contribution in [2.75, 3.05) is 24.2 Å². The summed E-state index contributed by atoms with van der Waals surface area (Å²) in [6, 6.07) is 6.34. The Balaban J connectivity index is 2.06. The maximum absolute atomic E-state index is 12.3. The Labute approximate surface area is 119 Å². The van der Waals surface area contributed by atoms with Crippen molar-refractivity contribution in [1.82, 2.24) is 5.32 Å². The maximum atomic E-state index is 12.3. The van der Waals surface area contributed by atoms with Crippen LogP contribution in [-0.4, -0.2) is 33.2 Å².